The molecule has 30 heavy (non-hydrogen) atoms. The van der Waals surface area contributed by atoms with Crippen molar-refractivity contribution in [2.24, 2.45) is 0 Å². The number of hydrogen-bond acceptors (Lipinski definition) is 4. The normalized spacial score (nSPS) is 26.4. The van der Waals surface area contributed by atoms with Gasteiger partial charge in [-0.15, -0.1) is 0 Å². The third-order valence-electron chi connectivity index (χ3n) is 7.58. The van der Waals surface area contributed by atoms with Gasteiger partial charge in [-0.25, -0.2) is 0 Å². The summed E-state index contributed by atoms with van der Waals surface area (Å²) in [6.45, 7) is 2.44. The summed E-state index contributed by atoms with van der Waals surface area (Å²) >= 11 is 0. The molecule has 0 amide bonds. The van der Waals surface area contributed by atoms with Crippen molar-refractivity contribution in [1.29, 1.82) is 5.26 Å². The second-order valence-corrected chi connectivity index (χ2v) is 9.24. The van der Waals surface area contributed by atoms with E-state index < -0.39 is 0 Å². The number of fused-ring (bicyclic) bond motifs is 2. The lowest BCUT2D eigenvalue weighted by Gasteiger charge is -2.21. The summed E-state index contributed by atoms with van der Waals surface area (Å²) in [5, 5.41) is 19.4. The van der Waals surface area contributed by atoms with Crippen molar-refractivity contribution in [1.82, 2.24) is 9.47 Å². The van der Waals surface area contributed by atoms with Crippen molar-refractivity contribution >= 4 is 5.78 Å². The quantitative estimate of drug-likeness (QED) is 0.764. The molecule has 5 nitrogen and oxygen atoms in total. The lowest BCUT2D eigenvalue weighted by atomic mass is 9.98. The molecule has 3 atom stereocenters. The number of nitriles is 1. The second kappa shape index (κ2) is 7.68. The first-order valence-corrected chi connectivity index (χ1v) is 11.3. The molecule has 3 aliphatic rings. The summed E-state index contributed by atoms with van der Waals surface area (Å²) in [6.07, 6.45) is 7.41. The number of nitrogens with zero attached hydrogens (tertiary/aromatic N) is 3. The molecule has 0 radical (unpaired) electrons. The number of aliphatic hydroxyl groups excluding tert-OH is 1. The summed E-state index contributed by atoms with van der Waals surface area (Å²) in [5.41, 5.74) is 4.68. The van der Waals surface area contributed by atoms with Gasteiger partial charge in [-0.3, -0.25) is 9.69 Å². The lowest BCUT2D eigenvalue weighted by molar-refractivity contribution is 0.0873. The first kappa shape index (κ1) is 19.5. The summed E-state index contributed by atoms with van der Waals surface area (Å²) < 4.78 is 2.23. The predicted molar refractivity (Wildman–Crippen MR) is 115 cm³/mol. The van der Waals surface area contributed by atoms with Gasteiger partial charge in [0.2, 0.25) is 0 Å². The number of carbonyl (C=O) groups excluding carboxylic acids is 1. The fourth-order valence-electron chi connectivity index (χ4n) is 6.03. The molecular formula is C25H29N3O2. The number of ketones is 1. The molecule has 2 unspecified atom stereocenters. The fourth-order valence-corrected chi connectivity index (χ4v) is 6.03. The zero-order valence-corrected chi connectivity index (χ0v) is 17.6. The molecule has 1 aromatic carbocycles. The molecule has 1 N–H and O–H groups in total. The van der Waals surface area contributed by atoms with E-state index in [4.69, 9.17) is 5.26 Å². The molecule has 3 heterocycles. The van der Waals surface area contributed by atoms with Crippen molar-refractivity contribution in [3.63, 3.8) is 0 Å². The average molecular weight is 404 g/mol. The van der Waals surface area contributed by atoms with Gasteiger partial charge in [-0.1, -0.05) is 12.8 Å². The molecule has 1 aromatic heterocycles. The fraction of sp³-hybridized carbons (Fsp3) is 0.520. The molecular weight excluding hydrogens is 374 g/mol. The van der Waals surface area contributed by atoms with Gasteiger partial charge in [-0.2, -0.15) is 5.26 Å². The van der Waals surface area contributed by atoms with E-state index >= 15 is 0 Å². The monoisotopic (exact) mass is 403 g/mol. The summed E-state index contributed by atoms with van der Waals surface area (Å²) in [4.78, 5) is 15.6. The number of rotatable bonds is 5. The highest BCUT2D eigenvalue weighted by atomic mass is 16.3. The Bertz CT molecular complexity index is 995. The van der Waals surface area contributed by atoms with E-state index in [1.54, 1.807) is 0 Å². The zero-order chi connectivity index (χ0) is 20.8. The standard InChI is InChI=1S/C25H29N3O2/c1-16-21(25(30)15-27-20-10-11-22(27)24(29)12-20)13-23(18-4-2-3-5-18)28(16)19-8-6-17(14-26)7-9-19/h6-9,13,18,20,22,24,29H,2-5,10-12,15H2,1H3/t20?,22?,24-/m0/s1. The summed E-state index contributed by atoms with van der Waals surface area (Å²) in [6, 6.07) is 12.5. The Labute approximate surface area is 177 Å². The van der Waals surface area contributed by atoms with Crippen LogP contribution < -0.4 is 0 Å². The highest BCUT2D eigenvalue weighted by Crippen LogP contribution is 2.40. The molecule has 5 rings (SSSR count). The minimum absolute atomic E-state index is 0.147. The first-order valence-electron chi connectivity index (χ1n) is 11.3. The van der Waals surface area contributed by atoms with Crippen LogP contribution in [0.2, 0.25) is 0 Å². The van der Waals surface area contributed by atoms with Crippen molar-refractivity contribution in [2.45, 2.75) is 76.0 Å². The van der Waals surface area contributed by atoms with E-state index in [1.807, 2.05) is 31.2 Å². The SMILES string of the molecule is Cc1c(C(=O)CN2C3CCC2[C@@H](O)C3)cc(C2CCCC2)n1-c1ccc(C#N)cc1. The van der Waals surface area contributed by atoms with Crippen LogP contribution in [-0.2, 0) is 0 Å². The van der Waals surface area contributed by atoms with Gasteiger partial charge in [0, 0.05) is 34.7 Å². The smallest absolute Gasteiger partial charge is 0.178 e. The van der Waals surface area contributed by atoms with Crippen LogP contribution in [0.5, 0.6) is 0 Å². The van der Waals surface area contributed by atoms with Crippen LogP contribution in [-0.4, -0.2) is 45.1 Å². The van der Waals surface area contributed by atoms with Crippen LogP contribution in [0.25, 0.3) is 5.69 Å². The molecule has 0 spiro atoms. The highest BCUT2D eigenvalue weighted by molar-refractivity contribution is 5.99. The number of benzene rings is 1. The van der Waals surface area contributed by atoms with E-state index in [1.165, 1.54) is 18.5 Å². The molecule has 156 valence electrons. The van der Waals surface area contributed by atoms with Crippen LogP contribution in [0.1, 0.15) is 78.2 Å². The van der Waals surface area contributed by atoms with Gasteiger partial charge in [0.25, 0.3) is 0 Å². The maximum absolute atomic E-state index is 13.4. The van der Waals surface area contributed by atoms with E-state index in [9.17, 15) is 9.90 Å². The molecule has 1 aliphatic carbocycles. The molecule has 2 aromatic rings. The van der Waals surface area contributed by atoms with Crippen LogP contribution >= 0.6 is 0 Å². The Balaban J connectivity index is 1.49. The van der Waals surface area contributed by atoms with Crippen molar-refractivity contribution in [3.05, 3.63) is 52.8 Å². The number of Topliss-reactive ketones (excluding diaryl/α,β-unsaturated/α-hetero) is 1. The molecule has 2 aliphatic heterocycles. The van der Waals surface area contributed by atoms with E-state index in [-0.39, 0.29) is 17.9 Å². The Morgan fingerprint density at radius 3 is 2.50 bits per heavy atom. The second-order valence-electron chi connectivity index (χ2n) is 9.24. The molecule has 2 bridgehead atoms. The number of aliphatic hydroxyl groups is 1. The minimum atomic E-state index is -0.282. The van der Waals surface area contributed by atoms with Gasteiger partial charge in [0.05, 0.1) is 24.3 Å². The predicted octanol–water partition coefficient (Wildman–Crippen LogP) is 4.10. The van der Waals surface area contributed by atoms with Gasteiger partial charge in [0.1, 0.15) is 0 Å². The van der Waals surface area contributed by atoms with Gasteiger partial charge in [-0.05, 0) is 75.3 Å². The van der Waals surface area contributed by atoms with Gasteiger partial charge in [0.15, 0.2) is 5.78 Å². The average Bonchev–Trinajstić information content (AvgIpc) is 3.52. The molecule has 1 saturated carbocycles. The number of aromatic nitrogens is 1. The third-order valence-corrected chi connectivity index (χ3v) is 7.58. The Hall–Kier alpha value is -2.42. The maximum atomic E-state index is 13.4. The van der Waals surface area contributed by atoms with Gasteiger partial charge < -0.3 is 9.67 Å². The maximum Gasteiger partial charge on any atom is 0.178 e. The lowest BCUT2D eigenvalue weighted by Crippen LogP contribution is -2.36. The Morgan fingerprint density at radius 1 is 1.17 bits per heavy atom. The van der Waals surface area contributed by atoms with Gasteiger partial charge >= 0.3 is 0 Å². The first-order chi connectivity index (χ1) is 14.6. The Morgan fingerprint density at radius 2 is 1.90 bits per heavy atom. The van der Waals surface area contributed by atoms with E-state index in [0.29, 0.717) is 24.1 Å². The largest absolute Gasteiger partial charge is 0.391 e. The topological polar surface area (TPSA) is 69.3 Å². The van der Waals surface area contributed by atoms with E-state index in [0.717, 1.165) is 49.0 Å². The number of carbonyl (C=O) groups is 1. The molecule has 2 saturated heterocycles. The van der Waals surface area contributed by atoms with Crippen molar-refractivity contribution in [2.75, 3.05) is 6.54 Å². The molecule has 3 fully saturated rings. The molecule has 5 heteroatoms. The number of hydrogen-bond donors (Lipinski definition) is 1. The van der Waals surface area contributed by atoms with Crippen LogP contribution in [0.3, 0.4) is 0 Å². The minimum Gasteiger partial charge on any atom is -0.391 e. The Kier molecular flexibility index (Phi) is 5.00. The van der Waals surface area contributed by atoms with E-state index in [2.05, 4.69) is 21.6 Å². The summed E-state index contributed by atoms with van der Waals surface area (Å²) in [7, 11) is 0. The zero-order valence-electron chi connectivity index (χ0n) is 17.6. The van der Waals surface area contributed by atoms with Crippen LogP contribution in [0.15, 0.2) is 30.3 Å². The van der Waals surface area contributed by atoms with Crippen LogP contribution in [0, 0.1) is 18.3 Å². The van der Waals surface area contributed by atoms with Crippen molar-refractivity contribution in [3.8, 4) is 11.8 Å². The third kappa shape index (κ3) is 3.19. The van der Waals surface area contributed by atoms with Crippen LogP contribution in [0.4, 0.5) is 0 Å². The summed E-state index contributed by atoms with van der Waals surface area (Å²) in [5.74, 6) is 0.635. The van der Waals surface area contributed by atoms with Crippen molar-refractivity contribution < 1.29 is 9.90 Å². The highest BCUT2D eigenvalue weighted by Gasteiger charge is 2.46.